The molecule has 0 saturated heterocycles. The molecule has 1 atom stereocenters. The second-order valence-corrected chi connectivity index (χ2v) is 8.94. The second-order valence-electron chi connectivity index (χ2n) is 7.51. The molecule has 31 heavy (non-hydrogen) atoms. The summed E-state index contributed by atoms with van der Waals surface area (Å²) in [7, 11) is 0. The summed E-state index contributed by atoms with van der Waals surface area (Å²) in [6.45, 7) is 5.23. The molecule has 0 saturated carbocycles. The van der Waals surface area contributed by atoms with Crippen LogP contribution in [0.5, 0.6) is 0 Å². The molecule has 0 aliphatic carbocycles. The van der Waals surface area contributed by atoms with Crippen molar-refractivity contribution < 1.29 is 9.59 Å². The minimum Gasteiger partial charge on any atom is -0.354 e. The van der Waals surface area contributed by atoms with Gasteiger partial charge in [0.1, 0.15) is 6.04 Å². The van der Waals surface area contributed by atoms with Crippen molar-refractivity contribution in [3.8, 4) is 0 Å². The zero-order chi connectivity index (χ0) is 22.5. The summed E-state index contributed by atoms with van der Waals surface area (Å²) in [6.07, 6.45) is 3.28. The van der Waals surface area contributed by atoms with Crippen LogP contribution in [0.1, 0.15) is 44.2 Å². The highest BCUT2D eigenvalue weighted by Gasteiger charge is 2.27. The van der Waals surface area contributed by atoms with E-state index in [1.54, 1.807) is 16.7 Å². The molecule has 0 fully saturated rings. The van der Waals surface area contributed by atoms with Crippen molar-refractivity contribution in [2.75, 3.05) is 18.8 Å². The highest BCUT2D eigenvalue weighted by molar-refractivity contribution is 7.99. The van der Waals surface area contributed by atoms with E-state index in [4.69, 9.17) is 11.6 Å². The summed E-state index contributed by atoms with van der Waals surface area (Å²) in [5, 5.41) is 3.70. The monoisotopic (exact) mass is 460 g/mol. The lowest BCUT2D eigenvalue weighted by Crippen LogP contribution is -2.50. The molecule has 0 aliphatic heterocycles. The van der Waals surface area contributed by atoms with Gasteiger partial charge in [-0.15, -0.1) is 11.8 Å². The molecular weight excluding hydrogens is 428 g/mol. The Labute approximate surface area is 195 Å². The first kappa shape index (κ1) is 25.3. The van der Waals surface area contributed by atoms with Crippen molar-refractivity contribution in [1.82, 2.24) is 10.2 Å². The molecule has 0 spiro atoms. The van der Waals surface area contributed by atoms with Crippen LogP contribution in [0.4, 0.5) is 0 Å². The summed E-state index contributed by atoms with van der Waals surface area (Å²) in [6, 6.07) is 17.3. The molecule has 4 nitrogen and oxygen atoms in total. The fraction of sp³-hybridized carbons (Fsp3) is 0.440. The van der Waals surface area contributed by atoms with Crippen molar-refractivity contribution in [2.24, 2.45) is 0 Å². The van der Waals surface area contributed by atoms with E-state index in [1.807, 2.05) is 49.4 Å². The molecule has 2 rings (SSSR count). The lowest BCUT2D eigenvalue weighted by Gasteiger charge is -2.30. The van der Waals surface area contributed by atoms with Crippen molar-refractivity contribution in [3.05, 3.63) is 70.7 Å². The summed E-state index contributed by atoms with van der Waals surface area (Å²) < 4.78 is 0. The number of amides is 2. The van der Waals surface area contributed by atoms with Crippen LogP contribution in [0.25, 0.3) is 0 Å². The molecule has 1 N–H and O–H groups in total. The quantitative estimate of drug-likeness (QED) is 0.410. The first-order valence-corrected chi connectivity index (χ1v) is 12.5. The van der Waals surface area contributed by atoms with Crippen LogP contribution in [0, 0.1) is 0 Å². The number of unbranched alkanes of at least 4 members (excludes halogenated alkanes) is 1. The Balaban J connectivity index is 2.03. The van der Waals surface area contributed by atoms with Gasteiger partial charge in [-0.1, -0.05) is 74.3 Å². The van der Waals surface area contributed by atoms with Crippen LogP contribution >= 0.6 is 23.4 Å². The Bertz CT molecular complexity index is 816. The number of halogens is 1. The molecule has 2 aromatic carbocycles. The Morgan fingerprint density at radius 1 is 1.06 bits per heavy atom. The number of nitrogens with one attached hydrogen (secondary N) is 1. The topological polar surface area (TPSA) is 49.4 Å². The van der Waals surface area contributed by atoms with Gasteiger partial charge < -0.3 is 10.2 Å². The number of hydrogen-bond acceptors (Lipinski definition) is 3. The van der Waals surface area contributed by atoms with E-state index < -0.39 is 6.04 Å². The highest BCUT2D eigenvalue weighted by Crippen LogP contribution is 2.18. The normalized spacial score (nSPS) is 11.7. The van der Waals surface area contributed by atoms with Crippen molar-refractivity contribution in [2.45, 2.75) is 51.3 Å². The van der Waals surface area contributed by atoms with Gasteiger partial charge in [0.2, 0.25) is 11.8 Å². The van der Waals surface area contributed by atoms with Crippen LogP contribution in [-0.2, 0) is 21.8 Å². The largest absolute Gasteiger partial charge is 0.354 e. The molecular formula is C25H33ClN2O2S. The van der Waals surface area contributed by atoms with E-state index in [1.165, 1.54) is 0 Å². The maximum absolute atomic E-state index is 13.2. The zero-order valence-corrected chi connectivity index (χ0v) is 20.1. The molecule has 2 amide bonds. The fourth-order valence-electron chi connectivity index (χ4n) is 3.37. The minimum atomic E-state index is -0.445. The number of benzene rings is 2. The predicted molar refractivity (Wildman–Crippen MR) is 131 cm³/mol. The summed E-state index contributed by atoms with van der Waals surface area (Å²) in [5.41, 5.74) is 2.25. The van der Waals surface area contributed by atoms with Gasteiger partial charge >= 0.3 is 0 Å². The molecule has 0 aromatic heterocycles. The van der Waals surface area contributed by atoms with Gasteiger partial charge in [0, 0.05) is 23.9 Å². The second kappa shape index (κ2) is 14.2. The van der Waals surface area contributed by atoms with E-state index in [9.17, 15) is 9.59 Å². The Kier molecular flexibility index (Phi) is 11.5. The number of hydrogen-bond donors (Lipinski definition) is 1. The average molecular weight is 461 g/mol. The number of carbonyl (C=O) groups excluding carboxylic acids is 2. The molecule has 6 heteroatoms. The summed E-state index contributed by atoms with van der Waals surface area (Å²) >= 11 is 7.61. The van der Waals surface area contributed by atoms with Gasteiger partial charge in [0.05, 0.1) is 5.75 Å². The first-order chi connectivity index (χ1) is 15.0. The lowest BCUT2D eigenvalue weighted by atomic mass is 10.1. The molecule has 0 aliphatic rings. The van der Waals surface area contributed by atoms with Gasteiger partial charge in [-0.2, -0.15) is 0 Å². The Morgan fingerprint density at radius 2 is 1.81 bits per heavy atom. The van der Waals surface area contributed by atoms with Gasteiger partial charge in [0.15, 0.2) is 0 Å². The molecule has 0 bridgehead atoms. The first-order valence-electron chi connectivity index (χ1n) is 11.0. The zero-order valence-electron chi connectivity index (χ0n) is 18.5. The Morgan fingerprint density at radius 3 is 2.48 bits per heavy atom. The van der Waals surface area contributed by atoms with E-state index >= 15 is 0 Å². The molecule has 0 unspecified atom stereocenters. The maximum atomic E-state index is 13.2. The van der Waals surface area contributed by atoms with Gasteiger partial charge in [-0.3, -0.25) is 9.59 Å². The van der Waals surface area contributed by atoms with Crippen LogP contribution in [-0.4, -0.2) is 41.6 Å². The van der Waals surface area contributed by atoms with Crippen LogP contribution < -0.4 is 5.32 Å². The van der Waals surface area contributed by atoms with Crippen LogP contribution in [0.15, 0.2) is 54.6 Å². The van der Waals surface area contributed by atoms with Gasteiger partial charge in [-0.25, -0.2) is 0 Å². The summed E-state index contributed by atoms with van der Waals surface area (Å²) in [5.74, 6) is 0.982. The molecule has 2 aromatic rings. The molecule has 0 heterocycles. The Hall–Kier alpha value is -1.98. The standard InChI is InChI=1S/C25H33ClN2O2S/c1-3-5-15-27-25(30)23(4-2)28(16-14-20-10-7-6-8-11-20)24(29)19-31-18-21-12-9-13-22(26)17-21/h6-13,17,23H,3-5,14-16,18-19H2,1-2H3,(H,27,30)/t23-/m1/s1. The lowest BCUT2D eigenvalue weighted by molar-refractivity contribution is -0.138. The molecule has 0 radical (unpaired) electrons. The maximum Gasteiger partial charge on any atom is 0.242 e. The van der Waals surface area contributed by atoms with E-state index in [-0.39, 0.29) is 11.8 Å². The predicted octanol–water partition coefficient (Wildman–Crippen LogP) is 5.34. The van der Waals surface area contributed by atoms with E-state index in [0.29, 0.717) is 36.0 Å². The van der Waals surface area contributed by atoms with Crippen LogP contribution in [0.3, 0.4) is 0 Å². The molecule has 168 valence electrons. The SMILES string of the molecule is CCCCNC(=O)[C@@H](CC)N(CCc1ccccc1)C(=O)CSCc1cccc(Cl)c1. The van der Waals surface area contributed by atoms with Crippen molar-refractivity contribution in [3.63, 3.8) is 0 Å². The smallest absolute Gasteiger partial charge is 0.242 e. The number of rotatable bonds is 13. The van der Waals surface area contributed by atoms with E-state index in [2.05, 4.69) is 24.4 Å². The van der Waals surface area contributed by atoms with E-state index in [0.717, 1.165) is 30.4 Å². The number of thioether (sulfide) groups is 1. The van der Waals surface area contributed by atoms with Crippen molar-refractivity contribution in [1.29, 1.82) is 0 Å². The fourth-order valence-corrected chi connectivity index (χ4v) is 4.44. The average Bonchev–Trinajstić information content (AvgIpc) is 2.77. The van der Waals surface area contributed by atoms with Crippen molar-refractivity contribution >= 4 is 35.2 Å². The third kappa shape index (κ3) is 8.96. The summed E-state index contributed by atoms with van der Waals surface area (Å²) in [4.78, 5) is 27.7. The van der Waals surface area contributed by atoms with Gasteiger partial charge in [0.25, 0.3) is 0 Å². The third-order valence-electron chi connectivity index (χ3n) is 5.08. The van der Waals surface area contributed by atoms with Gasteiger partial charge in [-0.05, 0) is 42.5 Å². The highest BCUT2D eigenvalue weighted by atomic mass is 35.5. The third-order valence-corrected chi connectivity index (χ3v) is 6.31. The minimum absolute atomic E-state index is 0.000417. The number of nitrogens with zero attached hydrogens (tertiary/aromatic N) is 1. The number of carbonyl (C=O) groups is 2. The van der Waals surface area contributed by atoms with Crippen LogP contribution in [0.2, 0.25) is 5.02 Å².